The van der Waals surface area contributed by atoms with Crippen LogP contribution in [-0.2, 0) is 10.3 Å². The molecule has 1 rings (SSSR count). The zero-order valence-electron chi connectivity index (χ0n) is 11.4. The molecule has 1 aromatic rings. The van der Waals surface area contributed by atoms with Gasteiger partial charge in [0.1, 0.15) is 0 Å². The molecule has 0 saturated heterocycles. The molecule has 1 unspecified atom stereocenters. The fourth-order valence-electron chi connectivity index (χ4n) is 1.92. The summed E-state index contributed by atoms with van der Waals surface area (Å²) in [6.07, 6.45) is 0.956. The van der Waals surface area contributed by atoms with E-state index in [4.69, 9.17) is 4.74 Å². The first-order valence-electron chi connectivity index (χ1n) is 6.47. The van der Waals surface area contributed by atoms with Crippen LogP contribution in [0.1, 0.15) is 32.8 Å². The molecule has 0 bridgehead atoms. The van der Waals surface area contributed by atoms with Gasteiger partial charge in [-0.2, -0.15) is 5.26 Å². The van der Waals surface area contributed by atoms with Gasteiger partial charge < -0.3 is 4.74 Å². The van der Waals surface area contributed by atoms with Crippen LogP contribution in [-0.4, -0.2) is 19.3 Å². The lowest BCUT2D eigenvalue weighted by molar-refractivity contribution is 0.0855. The Balaban J connectivity index is 2.95. The molecule has 1 atom stereocenters. The summed E-state index contributed by atoms with van der Waals surface area (Å²) in [5.74, 6) is 0. The van der Waals surface area contributed by atoms with Crippen molar-refractivity contribution in [1.82, 2.24) is 5.32 Å². The van der Waals surface area contributed by atoms with Gasteiger partial charge >= 0.3 is 0 Å². The molecule has 0 aliphatic rings. The number of nitriles is 1. The van der Waals surface area contributed by atoms with E-state index in [1.165, 1.54) is 0 Å². The highest BCUT2D eigenvalue weighted by atomic mass is 16.5. The van der Waals surface area contributed by atoms with Crippen LogP contribution in [0.25, 0.3) is 0 Å². The maximum Gasteiger partial charge on any atom is 0.156 e. The molecule has 0 amide bonds. The van der Waals surface area contributed by atoms with Crippen molar-refractivity contribution in [2.45, 2.75) is 38.8 Å². The third-order valence-electron chi connectivity index (χ3n) is 2.66. The van der Waals surface area contributed by atoms with Gasteiger partial charge in [-0.05, 0) is 25.8 Å². The summed E-state index contributed by atoms with van der Waals surface area (Å²) >= 11 is 0. The molecule has 0 aliphatic heterocycles. The molecule has 0 aliphatic carbocycles. The molecule has 3 heteroatoms. The second-order valence-electron chi connectivity index (χ2n) is 4.73. The van der Waals surface area contributed by atoms with Crippen molar-refractivity contribution in [3.63, 3.8) is 0 Å². The Morgan fingerprint density at radius 2 is 2.00 bits per heavy atom. The van der Waals surface area contributed by atoms with Crippen molar-refractivity contribution < 1.29 is 4.74 Å². The van der Waals surface area contributed by atoms with E-state index in [0.29, 0.717) is 13.2 Å². The lowest BCUT2D eigenvalue weighted by Gasteiger charge is -2.30. The number of nitrogens with zero attached hydrogens (tertiary/aromatic N) is 1. The van der Waals surface area contributed by atoms with Gasteiger partial charge in [0.2, 0.25) is 0 Å². The van der Waals surface area contributed by atoms with Gasteiger partial charge in [0.05, 0.1) is 12.7 Å². The van der Waals surface area contributed by atoms with Crippen LogP contribution < -0.4 is 5.32 Å². The Morgan fingerprint density at radius 1 is 1.33 bits per heavy atom. The van der Waals surface area contributed by atoms with E-state index in [1.54, 1.807) is 0 Å². The molecule has 3 nitrogen and oxygen atoms in total. The molecule has 0 saturated carbocycles. The van der Waals surface area contributed by atoms with Crippen LogP contribution in [0.3, 0.4) is 0 Å². The number of benzene rings is 1. The maximum absolute atomic E-state index is 9.59. The molecule has 0 aromatic heterocycles. The van der Waals surface area contributed by atoms with E-state index in [0.717, 1.165) is 12.0 Å². The topological polar surface area (TPSA) is 45.0 Å². The monoisotopic (exact) mass is 246 g/mol. The Morgan fingerprint density at radius 3 is 2.50 bits per heavy atom. The Hall–Kier alpha value is -1.37. The van der Waals surface area contributed by atoms with E-state index < -0.39 is 5.54 Å². The minimum Gasteiger partial charge on any atom is -0.378 e. The van der Waals surface area contributed by atoms with Crippen LogP contribution in [0, 0.1) is 11.3 Å². The minimum absolute atomic E-state index is 0.218. The van der Waals surface area contributed by atoms with Gasteiger partial charge in [-0.25, -0.2) is 0 Å². The highest BCUT2D eigenvalue weighted by molar-refractivity contribution is 5.31. The normalized spacial score (nSPS) is 14.2. The largest absolute Gasteiger partial charge is 0.378 e. The molecule has 18 heavy (non-hydrogen) atoms. The van der Waals surface area contributed by atoms with Gasteiger partial charge in [0.25, 0.3) is 0 Å². The fraction of sp³-hybridized carbons (Fsp3) is 0.533. The number of rotatable bonds is 7. The summed E-state index contributed by atoms with van der Waals surface area (Å²) in [5.41, 5.74) is 0.197. The SMILES string of the molecule is CCCOCC(C#N)(NC(C)C)c1ccccc1. The maximum atomic E-state index is 9.59. The zero-order chi connectivity index (χ0) is 13.4. The number of hydrogen-bond acceptors (Lipinski definition) is 3. The van der Waals surface area contributed by atoms with Gasteiger partial charge in [-0.3, -0.25) is 5.32 Å². The van der Waals surface area contributed by atoms with E-state index >= 15 is 0 Å². The second-order valence-corrected chi connectivity index (χ2v) is 4.73. The smallest absolute Gasteiger partial charge is 0.156 e. The van der Waals surface area contributed by atoms with Gasteiger partial charge in [0.15, 0.2) is 5.54 Å². The molecule has 0 radical (unpaired) electrons. The third-order valence-corrected chi connectivity index (χ3v) is 2.66. The molecular weight excluding hydrogens is 224 g/mol. The van der Waals surface area contributed by atoms with Crippen LogP contribution in [0.2, 0.25) is 0 Å². The van der Waals surface area contributed by atoms with Crippen LogP contribution in [0.15, 0.2) is 30.3 Å². The summed E-state index contributed by atoms with van der Waals surface area (Å²) in [6, 6.07) is 12.4. The summed E-state index contributed by atoms with van der Waals surface area (Å²) in [4.78, 5) is 0. The quantitative estimate of drug-likeness (QED) is 0.752. The van der Waals surface area contributed by atoms with Crippen molar-refractivity contribution in [1.29, 1.82) is 5.26 Å². The van der Waals surface area contributed by atoms with Gasteiger partial charge in [-0.1, -0.05) is 37.3 Å². The van der Waals surface area contributed by atoms with Crippen molar-refractivity contribution >= 4 is 0 Å². The van der Waals surface area contributed by atoms with Crippen LogP contribution in [0.5, 0.6) is 0 Å². The molecule has 1 aromatic carbocycles. The average molecular weight is 246 g/mol. The molecule has 0 fully saturated rings. The average Bonchev–Trinajstić information content (AvgIpc) is 2.38. The Labute approximate surface area is 110 Å². The highest BCUT2D eigenvalue weighted by Gasteiger charge is 2.33. The summed E-state index contributed by atoms with van der Waals surface area (Å²) in [5, 5.41) is 12.9. The molecule has 0 spiro atoms. The fourth-order valence-corrected chi connectivity index (χ4v) is 1.92. The minimum atomic E-state index is -0.759. The lowest BCUT2D eigenvalue weighted by Crippen LogP contribution is -2.48. The third kappa shape index (κ3) is 3.83. The van der Waals surface area contributed by atoms with E-state index in [-0.39, 0.29) is 6.04 Å². The van der Waals surface area contributed by atoms with E-state index in [1.807, 2.05) is 44.2 Å². The first-order chi connectivity index (χ1) is 8.64. The molecule has 0 heterocycles. The highest BCUT2D eigenvalue weighted by Crippen LogP contribution is 2.22. The van der Waals surface area contributed by atoms with Crippen molar-refractivity contribution in [2.75, 3.05) is 13.2 Å². The standard InChI is InChI=1S/C15H22N2O/c1-4-10-18-12-15(11-16,17-13(2)3)14-8-6-5-7-9-14/h5-9,13,17H,4,10,12H2,1-3H3. The lowest BCUT2D eigenvalue weighted by atomic mass is 9.91. The first-order valence-corrected chi connectivity index (χ1v) is 6.47. The first kappa shape index (κ1) is 14.7. The predicted octanol–water partition coefficient (Wildman–Crippen LogP) is 2.83. The van der Waals surface area contributed by atoms with Gasteiger partial charge in [0, 0.05) is 12.6 Å². The number of nitrogens with one attached hydrogen (secondary N) is 1. The Bertz CT molecular complexity index is 383. The van der Waals surface area contributed by atoms with E-state index in [2.05, 4.69) is 18.3 Å². The number of hydrogen-bond donors (Lipinski definition) is 1. The summed E-state index contributed by atoms with van der Waals surface area (Å²) < 4.78 is 5.61. The van der Waals surface area contributed by atoms with E-state index in [9.17, 15) is 5.26 Å². The van der Waals surface area contributed by atoms with Crippen LogP contribution in [0.4, 0.5) is 0 Å². The summed E-state index contributed by atoms with van der Waals surface area (Å²) in [7, 11) is 0. The molecular formula is C15H22N2O. The molecule has 98 valence electrons. The van der Waals surface area contributed by atoms with Crippen LogP contribution >= 0.6 is 0 Å². The van der Waals surface area contributed by atoms with Crippen molar-refractivity contribution in [3.8, 4) is 6.07 Å². The summed E-state index contributed by atoms with van der Waals surface area (Å²) in [6.45, 7) is 7.19. The van der Waals surface area contributed by atoms with Crippen molar-refractivity contribution in [2.24, 2.45) is 0 Å². The van der Waals surface area contributed by atoms with Gasteiger partial charge in [-0.15, -0.1) is 0 Å². The molecule has 1 N–H and O–H groups in total. The zero-order valence-corrected chi connectivity index (χ0v) is 11.4. The second kappa shape index (κ2) is 7.15. The Kier molecular flexibility index (Phi) is 5.84. The predicted molar refractivity (Wildman–Crippen MR) is 73.1 cm³/mol. The number of ether oxygens (including phenoxy) is 1. The van der Waals surface area contributed by atoms with Crippen molar-refractivity contribution in [3.05, 3.63) is 35.9 Å².